The second-order valence-corrected chi connectivity index (χ2v) is 9.80. The Morgan fingerprint density at radius 3 is 2.50 bits per heavy atom. The highest BCUT2D eigenvalue weighted by atomic mass is 79.9. The summed E-state index contributed by atoms with van der Waals surface area (Å²) in [5, 5.41) is 0.478. The van der Waals surface area contributed by atoms with Gasteiger partial charge in [-0.25, -0.2) is 0 Å². The molecule has 1 amide bonds. The summed E-state index contributed by atoms with van der Waals surface area (Å²) in [7, 11) is 0. The summed E-state index contributed by atoms with van der Waals surface area (Å²) in [6, 6.07) is 19.6. The largest absolute Gasteiger partial charge is 0.490 e. The third-order valence-corrected chi connectivity index (χ3v) is 7.15. The van der Waals surface area contributed by atoms with Crippen LogP contribution in [0.25, 0.3) is 0 Å². The number of thioether (sulfide) groups is 1. The predicted molar refractivity (Wildman–Crippen MR) is 135 cm³/mol. The standard InChI is InChI=1S/C25H23BrClNO3S/c1-3-30-22-13-18(12-21(26)24(22)31-14-17-6-4-16(2)5-7-17)25-28(23(29)15-32-25)20-10-8-19(27)9-11-20/h4-13,25H,3,14-15H2,1-2H3/t25-/m1/s1. The Hall–Kier alpha value is -2.15. The van der Waals surface area contributed by atoms with Gasteiger partial charge >= 0.3 is 0 Å². The molecule has 7 heteroatoms. The third-order valence-electron chi connectivity index (χ3n) is 5.09. The van der Waals surface area contributed by atoms with Gasteiger partial charge < -0.3 is 9.47 Å². The van der Waals surface area contributed by atoms with Gasteiger partial charge in [-0.15, -0.1) is 11.8 Å². The van der Waals surface area contributed by atoms with Crippen molar-refractivity contribution in [3.05, 3.63) is 86.8 Å². The van der Waals surface area contributed by atoms with E-state index in [1.54, 1.807) is 23.9 Å². The fourth-order valence-corrected chi connectivity index (χ4v) is 5.38. The lowest BCUT2D eigenvalue weighted by atomic mass is 10.1. The first-order valence-electron chi connectivity index (χ1n) is 10.3. The van der Waals surface area contributed by atoms with E-state index in [4.69, 9.17) is 21.1 Å². The normalized spacial score (nSPS) is 15.8. The van der Waals surface area contributed by atoms with Crippen molar-refractivity contribution in [2.75, 3.05) is 17.3 Å². The molecule has 0 radical (unpaired) electrons. The number of rotatable bonds is 7. The van der Waals surface area contributed by atoms with E-state index in [0.29, 0.717) is 35.5 Å². The number of carbonyl (C=O) groups is 1. The van der Waals surface area contributed by atoms with E-state index in [1.807, 2.05) is 36.1 Å². The Balaban J connectivity index is 1.63. The van der Waals surface area contributed by atoms with Gasteiger partial charge in [0.05, 0.1) is 16.8 Å². The Labute approximate surface area is 206 Å². The van der Waals surface area contributed by atoms with Crippen LogP contribution in [0.4, 0.5) is 5.69 Å². The Morgan fingerprint density at radius 1 is 1.09 bits per heavy atom. The first-order valence-corrected chi connectivity index (χ1v) is 12.5. The summed E-state index contributed by atoms with van der Waals surface area (Å²) in [6.45, 7) is 4.95. The molecule has 32 heavy (non-hydrogen) atoms. The summed E-state index contributed by atoms with van der Waals surface area (Å²) in [5.74, 6) is 1.79. The molecule has 0 aliphatic carbocycles. The monoisotopic (exact) mass is 531 g/mol. The van der Waals surface area contributed by atoms with Crippen LogP contribution in [0.1, 0.15) is 29.0 Å². The zero-order valence-corrected chi connectivity index (χ0v) is 21.0. The molecule has 0 N–H and O–H groups in total. The maximum Gasteiger partial charge on any atom is 0.238 e. The molecule has 0 spiro atoms. The lowest BCUT2D eigenvalue weighted by Gasteiger charge is -2.25. The van der Waals surface area contributed by atoms with Crippen molar-refractivity contribution in [2.45, 2.75) is 25.8 Å². The molecule has 1 fully saturated rings. The molecule has 3 aromatic carbocycles. The molecular formula is C25H23BrClNO3S. The molecule has 1 aliphatic heterocycles. The zero-order chi connectivity index (χ0) is 22.7. The van der Waals surface area contributed by atoms with Crippen molar-refractivity contribution < 1.29 is 14.3 Å². The molecule has 4 nitrogen and oxygen atoms in total. The summed E-state index contributed by atoms with van der Waals surface area (Å²) in [4.78, 5) is 14.5. The van der Waals surface area contributed by atoms with Gasteiger partial charge in [-0.05, 0) is 77.3 Å². The number of nitrogens with zero attached hydrogens (tertiary/aromatic N) is 1. The number of benzene rings is 3. The smallest absolute Gasteiger partial charge is 0.238 e. The highest BCUT2D eigenvalue weighted by Gasteiger charge is 2.35. The molecule has 166 valence electrons. The van der Waals surface area contributed by atoms with Gasteiger partial charge in [-0.2, -0.15) is 0 Å². The fourth-order valence-electron chi connectivity index (χ4n) is 3.52. The van der Waals surface area contributed by atoms with Crippen molar-refractivity contribution >= 4 is 50.9 Å². The minimum Gasteiger partial charge on any atom is -0.490 e. The van der Waals surface area contributed by atoms with Gasteiger partial charge in [0.25, 0.3) is 0 Å². The van der Waals surface area contributed by atoms with E-state index in [2.05, 4.69) is 47.1 Å². The second kappa shape index (κ2) is 10.2. The van der Waals surface area contributed by atoms with Gasteiger partial charge in [-0.1, -0.05) is 41.4 Å². The molecular weight excluding hydrogens is 510 g/mol. The van der Waals surface area contributed by atoms with Crippen LogP contribution in [0.15, 0.2) is 65.1 Å². The maximum atomic E-state index is 12.7. The van der Waals surface area contributed by atoms with Crippen LogP contribution in [0.5, 0.6) is 11.5 Å². The number of aryl methyl sites for hydroxylation is 1. The van der Waals surface area contributed by atoms with Gasteiger partial charge in [0.1, 0.15) is 12.0 Å². The third kappa shape index (κ3) is 5.08. The minimum atomic E-state index is -0.162. The number of hydrogen-bond acceptors (Lipinski definition) is 4. The average Bonchev–Trinajstić information content (AvgIpc) is 3.16. The lowest BCUT2D eigenvalue weighted by molar-refractivity contribution is -0.115. The van der Waals surface area contributed by atoms with E-state index in [0.717, 1.165) is 21.3 Å². The summed E-state index contributed by atoms with van der Waals surface area (Å²) < 4.78 is 12.9. The molecule has 1 heterocycles. The fraction of sp³-hybridized carbons (Fsp3) is 0.240. The van der Waals surface area contributed by atoms with Crippen LogP contribution in [-0.2, 0) is 11.4 Å². The minimum absolute atomic E-state index is 0.0658. The molecule has 0 aromatic heterocycles. The number of anilines is 1. The van der Waals surface area contributed by atoms with Gasteiger partial charge in [-0.3, -0.25) is 9.69 Å². The molecule has 0 unspecified atom stereocenters. The highest BCUT2D eigenvalue weighted by Crippen LogP contribution is 2.46. The van der Waals surface area contributed by atoms with E-state index >= 15 is 0 Å². The number of amides is 1. The van der Waals surface area contributed by atoms with Crippen LogP contribution in [0.2, 0.25) is 5.02 Å². The van der Waals surface area contributed by atoms with Crippen molar-refractivity contribution in [3.63, 3.8) is 0 Å². The Morgan fingerprint density at radius 2 is 1.81 bits per heavy atom. The zero-order valence-electron chi connectivity index (χ0n) is 17.8. The van der Waals surface area contributed by atoms with Crippen molar-refractivity contribution in [2.24, 2.45) is 0 Å². The predicted octanol–water partition coefficient (Wildman–Crippen LogP) is 7.17. The maximum absolute atomic E-state index is 12.7. The van der Waals surface area contributed by atoms with Gasteiger partial charge in [0, 0.05) is 10.7 Å². The SMILES string of the molecule is CCOc1cc([C@H]2SCC(=O)N2c2ccc(Cl)cc2)cc(Br)c1OCc1ccc(C)cc1. The molecule has 0 saturated carbocycles. The first kappa shape index (κ1) is 23.0. The number of halogens is 2. The second-order valence-electron chi connectivity index (χ2n) is 7.44. The molecule has 1 atom stereocenters. The summed E-state index contributed by atoms with van der Waals surface area (Å²) in [5.41, 5.74) is 4.08. The van der Waals surface area contributed by atoms with Crippen molar-refractivity contribution in [1.29, 1.82) is 0 Å². The van der Waals surface area contributed by atoms with E-state index in [-0.39, 0.29) is 11.3 Å². The number of carbonyl (C=O) groups excluding carboxylic acids is 1. The molecule has 1 saturated heterocycles. The quantitative estimate of drug-likeness (QED) is 0.323. The molecule has 3 aromatic rings. The van der Waals surface area contributed by atoms with E-state index in [1.165, 1.54) is 5.56 Å². The lowest BCUT2D eigenvalue weighted by Crippen LogP contribution is -2.27. The van der Waals surface area contributed by atoms with Gasteiger partial charge in [0.2, 0.25) is 5.91 Å². The van der Waals surface area contributed by atoms with Gasteiger partial charge in [0.15, 0.2) is 11.5 Å². The summed E-state index contributed by atoms with van der Waals surface area (Å²) in [6.07, 6.45) is 0. The topological polar surface area (TPSA) is 38.8 Å². The van der Waals surface area contributed by atoms with Crippen molar-refractivity contribution in [3.8, 4) is 11.5 Å². The number of hydrogen-bond donors (Lipinski definition) is 0. The van der Waals surface area contributed by atoms with E-state index in [9.17, 15) is 4.79 Å². The summed E-state index contributed by atoms with van der Waals surface area (Å²) >= 11 is 11.3. The average molecular weight is 533 g/mol. The van der Waals surface area contributed by atoms with Crippen LogP contribution in [0.3, 0.4) is 0 Å². The van der Waals surface area contributed by atoms with E-state index < -0.39 is 0 Å². The van der Waals surface area contributed by atoms with Crippen LogP contribution < -0.4 is 14.4 Å². The molecule has 0 bridgehead atoms. The first-order chi connectivity index (χ1) is 15.5. The van der Waals surface area contributed by atoms with Crippen LogP contribution in [-0.4, -0.2) is 18.3 Å². The van der Waals surface area contributed by atoms with Crippen LogP contribution >= 0.6 is 39.3 Å². The Kier molecular flexibility index (Phi) is 7.33. The molecule has 1 aliphatic rings. The van der Waals surface area contributed by atoms with Crippen LogP contribution in [0, 0.1) is 6.92 Å². The highest BCUT2D eigenvalue weighted by molar-refractivity contribution is 9.10. The number of ether oxygens (including phenoxy) is 2. The van der Waals surface area contributed by atoms with Crippen molar-refractivity contribution in [1.82, 2.24) is 0 Å². The molecule has 4 rings (SSSR count). The Bertz CT molecular complexity index is 1110.